The molecule has 0 saturated carbocycles. The van der Waals surface area contributed by atoms with Gasteiger partial charge in [-0.25, -0.2) is 14.4 Å². The smallest absolute Gasteiger partial charge is 0.227 e. The monoisotopic (exact) mass is 375 g/mol. The second-order valence-corrected chi connectivity index (χ2v) is 7.66. The third kappa shape index (κ3) is 4.74. The normalized spacial score (nSPS) is 17.6. The van der Waals surface area contributed by atoms with Crippen molar-refractivity contribution >= 4 is 11.8 Å². The molecule has 0 bridgehead atoms. The van der Waals surface area contributed by atoms with Gasteiger partial charge in [-0.2, -0.15) is 4.98 Å². The molecule has 2 aromatic heterocycles. The number of rotatable bonds is 7. The minimum Gasteiger partial charge on any atom is -0.360 e. The lowest BCUT2D eigenvalue weighted by Gasteiger charge is -2.33. The molecule has 8 heteroatoms. The van der Waals surface area contributed by atoms with Crippen LogP contribution in [0, 0.1) is 5.82 Å². The average Bonchev–Trinajstić information content (AvgIpc) is 3.10. The van der Waals surface area contributed by atoms with Gasteiger partial charge in [-0.05, 0) is 39.9 Å². The summed E-state index contributed by atoms with van der Waals surface area (Å²) in [6.45, 7) is 3.73. The summed E-state index contributed by atoms with van der Waals surface area (Å²) in [4.78, 5) is 19.3. The van der Waals surface area contributed by atoms with Crippen molar-refractivity contribution in [2.75, 3.05) is 57.6 Å². The number of aryl methyl sites for hydroxylation is 1. The summed E-state index contributed by atoms with van der Waals surface area (Å²) >= 11 is 0. The Hall–Kier alpha value is -2.22. The fraction of sp³-hybridized carbons (Fsp3) is 0.632. The molecule has 7 nitrogen and oxygen atoms in total. The van der Waals surface area contributed by atoms with Gasteiger partial charge in [0.2, 0.25) is 5.95 Å². The predicted octanol–water partition coefficient (Wildman–Crippen LogP) is 2.21. The van der Waals surface area contributed by atoms with Crippen molar-refractivity contribution in [1.82, 2.24) is 24.4 Å². The fourth-order valence-corrected chi connectivity index (χ4v) is 3.61. The van der Waals surface area contributed by atoms with Crippen molar-refractivity contribution in [2.24, 2.45) is 0 Å². The van der Waals surface area contributed by atoms with Gasteiger partial charge in [0, 0.05) is 52.0 Å². The van der Waals surface area contributed by atoms with Crippen molar-refractivity contribution in [2.45, 2.75) is 31.7 Å². The van der Waals surface area contributed by atoms with Crippen molar-refractivity contribution in [3.05, 3.63) is 30.2 Å². The quantitative estimate of drug-likeness (QED) is 0.740. The topological polar surface area (TPSA) is 53.3 Å². The van der Waals surface area contributed by atoms with Crippen LogP contribution >= 0.6 is 0 Å². The summed E-state index contributed by atoms with van der Waals surface area (Å²) in [5, 5.41) is 0. The third-order valence-electron chi connectivity index (χ3n) is 4.96. The molecule has 0 aromatic carbocycles. The average molecular weight is 375 g/mol. The van der Waals surface area contributed by atoms with Gasteiger partial charge >= 0.3 is 0 Å². The zero-order chi connectivity index (χ0) is 19.4. The fourth-order valence-electron chi connectivity index (χ4n) is 3.61. The van der Waals surface area contributed by atoms with Crippen LogP contribution in [0.25, 0.3) is 0 Å². The second kappa shape index (κ2) is 8.65. The van der Waals surface area contributed by atoms with Gasteiger partial charge in [0.25, 0.3) is 0 Å². The Morgan fingerprint density at radius 2 is 2.04 bits per heavy atom. The highest BCUT2D eigenvalue weighted by molar-refractivity contribution is 5.44. The summed E-state index contributed by atoms with van der Waals surface area (Å²) < 4.78 is 16.2. The van der Waals surface area contributed by atoms with E-state index < -0.39 is 5.82 Å². The Bertz CT molecular complexity index is 743. The van der Waals surface area contributed by atoms with Gasteiger partial charge in [-0.1, -0.05) is 0 Å². The first kappa shape index (κ1) is 19.5. The number of halogens is 1. The van der Waals surface area contributed by atoms with Crippen LogP contribution in [0.3, 0.4) is 0 Å². The van der Waals surface area contributed by atoms with Gasteiger partial charge in [0.05, 0.1) is 6.20 Å². The summed E-state index contributed by atoms with van der Waals surface area (Å²) in [6, 6.07) is 0. The lowest BCUT2D eigenvalue weighted by molar-refractivity contribution is 0.380. The standard InChI is InChI=1S/C19H30FN7/c1-24(2)9-6-11-26-12-8-21-17(26)15-7-5-10-27(14-15)19-22-13-16(20)18(23-19)25(3)4/h8,12-13,15H,5-7,9-11,14H2,1-4H3/t15-/m0/s1. The molecular weight excluding hydrogens is 345 g/mol. The highest BCUT2D eigenvalue weighted by Crippen LogP contribution is 2.29. The molecule has 1 aliphatic rings. The van der Waals surface area contributed by atoms with Gasteiger partial charge in [-0.3, -0.25) is 0 Å². The van der Waals surface area contributed by atoms with Crippen LogP contribution in [0.15, 0.2) is 18.6 Å². The third-order valence-corrected chi connectivity index (χ3v) is 4.96. The van der Waals surface area contributed by atoms with Crippen LogP contribution in [0.1, 0.15) is 31.0 Å². The Morgan fingerprint density at radius 1 is 1.22 bits per heavy atom. The first-order valence-corrected chi connectivity index (χ1v) is 9.56. The van der Waals surface area contributed by atoms with E-state index >= 15 is 0 Å². The molecule has 1 aliphatic heterocycles. The molecule has 0 spiro atoms. The Morgan fingerprint density at radius 3 is 2.78 bits per heavy atom. The molecule has 0 aliphatic carbocycles. The van der Waals surface area contributed by atoms with E-state index in [0.717, 1.165) is 51.3 Å². The molecule has 0 amide bonds. The summed E-state index contributed by atoms with van der Waals surface area (Å²) in [7, 11) is 7.77. The van der Waals surface area contributed by atoms with Crippen molar-refractivity contribution in [3.8, 4) is 0 Å². The van der Waals surface area contributed by atoms with E-state index in [0.29, 0.717) is 17.7 Å². The largest absolute Gasteiger partial charge is 0.360 e. The maximum Gasteiger partial charge on any atom is 0.227 e. The first-order chi connectivity index (χ1) is 13.0. The van der Waals surface area contributed by atoms with Crippen molar-refractivity contribution < 1.29 is 4.39 Å². The molecule has 0 radical (unpaired) electrons. The molecule has 2 aromatic rings. The summed E-state index contributed by atoms with van der Waals surface area (Å²) in [5.41, 5.74) is 0. The van der Waals surface area contributed by atoms with Crippen LogP contribution in [0.2, 0.25) is 0 Å². The Kier molecular flexibility index (Phi) is 6.26. The lowest BCUT2D eigenvalue weighted by Crippen LogP contribution is -2.37. The van der Waals surface area contributed by atoms with Crippen LogP contribution < -0.4 is 9.80 Å². The van der Waals surface area contributed by atoms with E-state index in [9.17, 15) is 4.39 Å². The number of aromatic nitrogens is 4. The molecule has 148 valence electrons. The van der Waals surface area contributed by atoms with E-state index in [-0.39, 0.29) is 0 Å². The van der Waals surface area contributed by atoms with Crippen LogP contribution in [-0.2, 0) is 6.54 Å². The summed E-state index contributed by atoms with van der Waals surface area (Å²) in [6.07, 6.45) is 8.48. The minimum absolute atomic E-state index is 0.326. The summed E-state index contributed by atoms with van der Waals surface area (Å²) in [5.74, 6) is 1.99. The maximum absolute atomic E-state index is 13.9. The number of piperidine rings is 1. The molecule has 0 unspecified atom stereocenters. The van der Waals surface area contributed by atoms with Crippen molar-refractivity contribution in [3.63, 3.8) is 0 Å². The van der Waals surface area contributed by atoms with Gasteiger partial charge in [-0.15, -0.1) is 0 Å². The van der Waals surface area contributed by atoms with E-state index in [1.54, 1.807) is 19.0 Å². The van der Waals surface area contributed by atoms with E-state index in [2.05, 4.69) is 49.6 Å². The maximum atomic E-state index is 13.9. The SMILES string of the molecule is CN(C)CCCn1ccnc1[C@H]1CCCN(c2ncc(F)c(N(C)C)n2)C1. The minimum atomic E-state index is -0.395. The number of hydrogen-bond donors (Lipinski definition) is 0. The second-order valence-electron chi connectivity index (χ2n) is 7.66. The molecule has 0 N–H and O–H groups in total. The van der Waals surface area contributed by atoms with Crippen LogP contribution in [-0.4, -0.2) is 72.2 Å². The number of hydrogen-bond acceptors (Lipinski definition) is 6. The van der Waals surface area contributed by atoms with Crippen LogP contribution in [0.5, 0.6) is 0 Å². The zero-order valence-corrected chi connectivity index (χ0v) is 16.8. The molecule has 27 heavy (non-hydrogen) atoms. The van der Waals surface area contributed by atoms with Gasteiger partial charge < -0.3 is 19.3 Å². The van der Waals surface area contributed by atoms with Crippen LogP contribution in [0.4, 0.5) is 16.2 Å². The molecule has 3 rings (SSSR count). The molecule has 1 atom stereocenters. The lowest BCUT2D eigenvalue weighted by atomic mass is 9.97. The highest BCUT2D eigenvalue weighted by atomic mass is 19.1. The number of nitrogens with zero attached hydrogens (tertiary/aromatic N) is 7. The molecular formula is C19H30FN7. The number of anilines is 2. The van der Waals surface area contributed by atoms with E-state index in [1.807, 2.05) is 6.20 Å². The molecule has 3 heterocycles. The first-order valence-electron chi connectivity index (χ1n) is 9.56. The highest BCUT2D eigenvalue weighted by Gasteiger charge is 2.26. The van der Waals surface area contributed by atoms with Gasteiger partial charge in [0.15, 0.2) is 11.6 Å². The Balaban J connectivity index is 1.72. The molecule has 1 fully saturated rings. The van der Waals surface area contributed by atoms with E-state index in [1.165, 1.54) is 6.20 Å². The van der Waals surface area contributed by atoms with Gasteiger partial charge in [0.1, 0.15) is 5.82 Å². The zero-order valence-electron chi connectivity index (χ0n) is 16.8. The predicted molar refractivity (Wildman–Crippen MR) is 106 cm³/mol. The molecule has 1 saturated heterocycles. The Labute approximate surface area is 160 Å². The van der Waals surface area contributed by atoms with E-state index in [4.69, 9.17) is 0 Å². The number of imidazole rings is 1. The van der Waals surface area contributed by atoms with Crippen molar-refractivity contribution in [1.29, 1.82) is 0 Å².